The Balaban J connectivity index is 2.28. The molecule has 0 aliphatic heterocycles. The number of hydrogen-bond donors (Lipinski definition) is 0. The maximum absolute atomic E-state index is 12.3. The van der Waals surface area contributed by atoms with E-state index in [4.69, 9.17) is 0 Å². The molecule has 2 aromatic carbocycles. The lowest BCUT2D eigenvalue weighted by atomic mass is 10.0. The zero-order valence-corrected chi connectivity index (χ0v) is 12.3. The molecule has 102 valence electrons. The van der Waals surface area contributed by atoms with Crippen LogP contribution in [0.3, 0.4) is 0 Å². The van der Waals surface area contributed by atoms with Crippen molar-refractivity contribution in [3.05, 3.63) is 75.3 Å². The molecule has 0 fully saturated rings. The molecular weight excluding hydrogens is 322 g/mol. The number of benzene rings is 2. The first-order valence-electron chi connectivity index (χ1n) is 5.98. The van der Waals surface area contributed by atoms with E-state index < -0.39 is 9.75 Å². The van der Waals surface area contributed by atoms with Gasteiger partial charge in [-0.2, -0.15) is 0 Å². The van der Waals surface area contributed by atoms with Crippen LogP contribution in [0.15, 0.2) is 48.5 Å². The largest absolute Gasteiger partial charge is 0.293 e. The number of nitro groups is 1. The van der Waals surface area contributed by atoms with E-state index in [1.807, 2.05) is 19.1 Å². The Bertz CT molecular complexity index is 652. The molecule has 0 aromatic heterocycles. The van der Waals surface area contributed by atoms with Crippen LogP contribution < -0.4 is 0 Å². The van der Waals surface area contributed by atoms with Crippen molar-refractivity contribution < 1.29 is 9.72 Å². The fourth-order valence-electron chi connectivity index (χ4n) is 1.81. The van der Waals surface area contributed by atoms with Gasteiger partial charge in [0.15, 0.2) is 5.78 Å². The van der Waals surface area contributed by atoms with Gasteiger partial charge in [0.2, 0.25) is 0 Å². The van der Waals surface area contributed by atoms with Crippen LogP contribution in [0.2, 0.25) is 0 Å². The van der Waals surface area contributed by atoms with Gasteiger partial charge in [-0.05, 0) is 12.5 Å². The molecule has 0 bridgehead atoms. The van der Waals surface area contributed by atoms with Crippen molar-refractivity contribution in [2.75, 3.05) is 0 Å². The molecular formula is C15H12BrNO3. The number of hydrogen-bond acceptors (Lipinski definition) is 3. The zero-order chi connectivity index (χ0) is 14.7. The highest BCUT2D eigenvalue weighted by molar-refractivity contribution is 9.09. The minimum absolute atomic E-state index is 0.0244. The summed E-state index contributed by atoms with van der Waals surface area (Å²) < 4.78 is 0. The normalized spacial score (nSPS) is 11.9. The van der Waals surface area contributed by atoms with E-state index >= 15 is 0 Å². The number of nitrogens with zero attached hydrogens (tertiary/aromatic N) is 1. The van der Waals surface area contributed by atoms with Crippen LogP contribution in [0.5, 0.6) is 0 Å². The second-order valence-corrected chi connectivity index (χ2v) is 5.36. The number of rotatable bonds is 4. The minimum atomic E-state index is -0.592. The van der Waals surface area contributed by atoms with Crippen molar-refractivity contribution in [2.45, 2.75) is 11.8 Å². The van der Waals surface area contributed by atoms with Gasteiger partial charge in [0.25, 0.3) is 5.69 Å². The smallest absolute Gasteiger partial charge is 0.269 e. The SMILES string of the molecule is Cc1ccc(C(=O)C(Br)c2cccc([N+](=O)[O-])c2)cc1. The van der Waals surface area contributed by atoms with Gasteiger partial charge >= 0.3 is 0 Å². The molecule has 2 aromatic rings. The predicted octanol–water partition coefficient (Wildman–Crippen LogP) is 4.22. The Hall–Kier alpha value is -2.01. The number of ketones is 1. The van der Waals surface area contributed by atoms with Crippen LogP contribution in [0.25, 0.3) is 0 Å². The molecule has 0 amide bonds. The quantitative estimate of drug-likeness (QED) is 0.364. The molecule has 2 rings (SSSR count). The van der Waals surface area contributed by atoms with E-state index in [9.17, 15) is 14.9 Å². The molecule has 0 heterocycles. The summed E-state index contributed by atoms with van der Waals surface area (Å²) >= 11 is 3.32. The van der Waals surface area contributed by atoms with Crippen LogP contribution in [0.4, 0.5) is 5.69 Å². The van der Waals surface area contributed by atoms with E-state index in [1.54, 1.807) is 24.3 Å². The molecule has 20 heavy (non-hydrogen) atoms. The standard InChI is InChI=1S/C15H12BrNO3/c1-10-5-7-11(8-6-10)15(18)14(16)12-3-2-4-13(9-12)17(19)20/h2-9,14H,1H3. The lowest BCUT2D eigenvalue weighted by Crippen LogP contribution is -2.07. The van der Waals surface area contributed by atoms with Crippen LogP contribution in [-0.2, 0) is 0 Å². The first-order chi connectivity index (χ1) is 9.49. The maximum Gasteiger partial charge on any atom is 0.269 e. The van der Waals surface area contributed by atoms with Gasteiger partial charge in [-0.3, -0.25) is 14.9 Å². The average molecular weight is 334 g/mol. The summed E-state index contributed by atoms with van der Waals surface area (Å²) in [5.41, 5.74) is 2.19. The van der Waals surface area contributed by atoms with Gasteiger partial charge in [-0.25, -0.2) is 0 Å². The van der Waals surface area contributed by atoms with Gasteiger partial charge in [0.05, 0.1) is 4.92 Å². The number of carbonyl (C=O) groups excluding carboxylic acids is 1. The monoisotopic (exact) mass is 333 g/mol. The van der Waals surface area contributed by atoms with Crippen molar-refractivity contribution in [1.82, 2.24) is 0 Å². The third kappa shape index (κ3) is 3.11. The first kappa shape index (κ1) is 14.4. The van der Waals surface area contributed by atoms with Crippen molar-refractivity contribution in [1.29, 1.82) is 0 Å². The van der Waals surface area contributed by atoms with Crippen LogP contribution in [0, 0.1) is 17.0 Å². The number of Topliss-reactive ketones (excluding diaryl/α,β-unsaturated/α-hetero) is 1. The van der Waals surface area contributed by atoms with Crippen molar-refractivity contribution in [2.24, 2.45) is 0 Å². The summed E-state index contributed by atoms with van der Waals surface area (Å²) in [6.45, 7) is 1.94. The molecule has 0 radical (unpaired) electrons. The molecule has 0 spiro atoms. The highest BCUT2D eigenvalue weighted by Crippen LogP contribution is 2.29. The van der Waals surface area contributed by atoms with E-state index in [0.717, 1.165) is 5.56 Å². The Morgan fingerprint density at radius 2 is 1.85 bits per heavy atom. The Kier molecular flexibility index (Phi) is 4.29. The molecule has 0 saturated carbocycles. The minimum Gasteiger partial charge on any atom is -0.293 e. The second-order valence-electron chi connectivity index (χ2n) is 4.44. The summed E-state index contributed by atoms with van der Waals surface area (Å²) in [7, 11) is 0. The fraction of sp³-hybridized carbons (Fsp3) is 0.133. The number of alkyl halides is 1. The molecule has 5 heteroatoms. The van der Waals surface area contributed by atoms with Gasteiger partial charge < -0.3 is 0 Å². The van der Waals surface area contributed by atoms with Crippen LogP contribution in [0.1, 0.15) is 26.3 Å². The van der Waals surface area contributed by atoms with Gasteiger partial charge in [-0.1, -0.05) is 57.9 Å². The molecule has 1 atom stereocenters. The lowest BCUT2D eigenvalue weighted by Gasteiger charge is -2.09. The summed E-state index contributed by atoms with van der Waals surface area (Å²) in [6.07, 6.45) is 0. The number of non-ortho nitro benzene ring substituents is 1. The predicted molar refractivity (Wildman–Crippen MR) is 80.3 cm³/mol. The van der Waals surface area contributed by atoms with Gasteiger partial charge in [-0.15, -0.1) is 0 Å². The Morgan fingerprint density at radius 3 is 2.45 bits per heavy atom. The molecule has 0 aliphatic carbocycles. The lowest BCUT2D eigenvalue weighted by molar-refractivity contribution is -0.384. The van der Waals surface area contributed by atoms with Crippen LogP contribution in [-0.4, -0.2) is 10.7 Å². The van der Waals surface area contributed by atoms with Crippen molar-refractivity contribution in [3.63, 3.8) is 0 Å². The zero-order valence-electron chi connectivity index (χ0n) is 10.7. The van der Waals surface area contributed by atoms with E-state index in [-0.39, 0.29) is 11.5 Å². The van der Waals surface area contributed by atoms with Gasteiger partial charge in [0, 0.05) is 17.7 Å². The number of nitro benzene ring substituents is 1. The third-order valence-electron chi connectivity index (χ3n) is 2.94. The molecule has 0 N–H and O–H groups in total. The number of carbonyl (C=O) groups is 1. The number of halogens is 1. The maximum atomic E-state index is 12.3. The summed E-state index contributed by atoms with van der Waals surface area (Å²) in [6, 6.07) is 13.3. The summed E-state index contributed by atoms with van der Waals surface area (Å²) in [5, 5.41) is 10.8. The number of aryl methyl sites for hydroxylation is 1. The third-order valence-corrected chi connectivity index (χ3v) is 3.88. The summed E-state index contributed by atoms with van der Waals surface area (Å²) in [5.74, 6) is -0.120. The van der Waals surface area contributed by atoms with Crippen molar-refractivity contribution >= 4 is 27.4 Å². The summed E-state index contributed by atoms with van der Waals surface area (Å²) in [4.78, 5) is 22.0. The fourth-order valence-corrected chi connectivity index (χ4v) is 2.36. The molecule has 4 nitrogen and oxygen atoms in total. The molecule has 1 unspecified atom stereocenters. The first-order valence-corrected chi connectivity index (χ1v) is 6.90. The second kappa shape index (κ2) is 5.96. The molecule has 0 saturated heterocycles. The van der Waals surface area contributed by atoms with E-state index in [2.05, 4.69) is 15.9 Å². The van der Waals surface area contributed by atoms with E-state index in [0.29, 0.717) is 11.1 Å². The van der Waals surface area contributed by atoms with Gasteiger partial charge in [0.1, 0.15) is 4.83 Å². The Morgan fingerprint density at radius 1 is 1.20 bits per heavy atom. The molecule has 0 aliphatic rings. The Labute approximate surface area is 124 Å². The van der Waals surface area contributed by atoms with E-state index in [1.165, 1.54) is 12.1 Å². The average Bonchev–Trinajstić information content (AvgIpc) is 2.46. The van der Waals surface area contributed by atoms with Crippen molar-refractivity contribution in [3.8, 4) is 0 Å². The topological polar surface area (TPSA) is 60.2 Å². The highest BCUT2D eigenvalue weighted by atomic mass is 79.9. The van der Waals surface area contributed by atoms with Crippen LogP contribution >= 0.6 is 15.9 Å². The highest BCUT2D eigenvalue weighted by Gasteiger charge is 2.20.